The second-order valence-electron chi connectivity index (χ2n) is 10.4. The lowest BCUT2D eigenvalue weighted by Gasteiger charge is -2.37. The molecular formula is C25H29N7O. The lowest BCUT2D eigenvalue weighted by atomic mass is 9.87. The van der Waals surface area contributed by atoms with Crippen LogP contribution in [0.15, 0.2) is 30.6 Å². The summed E-state index contributed by atoms with van der Waals surface area (Å²) in [5, 5.41) is 10.9. The predicted octanol–water partition coefficient (Wildman–Crippen LogP) is 3.29. The summed E-state index contributed by atoms with van der Waals surface area (Å²) in [7, 11) is 0. The van der Waals surface area contributed by atoms with Gasteiger partial charge in [-0.2, -0.15) is 4.98 Å². The molecule has 1 amide bonds. The van der Waals surface area contributed by atoms with Crippen LogP contribution in [0.3, 0.4) is 0 Å². The van der Waals surface area contributed by atoms with Gasteiger partial charge in [-0.3, -0.25) is 4.79 Å². The maximum absolute atomic E-state index is 12.6. The first-order valence-corrected chi connectivity index (χ1v) is 12.2. The monoisotopic (exact) mass is 443 g/mol. The van der Waals surface area contributed by atoms with Crippen LogP contribution in [0.25, 0.3) is 11.0 Å². The molecule has 3 fully saturated rings. The number of carbonyl (C=O) groups excluding carboxylic acids is 1. The second kappa shape index (κ2) is 7.00. The van der Waals surface area contributed by atoms with E-state index in [1.54, 1.807) is 0 Å². The van der Waals surface area contributed by atoms with E-state index in [0.717, 1.165) is 42.2 Å². The first-order chi connectivity index (χ1) is 16.1. The first kappa shape index (κ1) is 19.5. The number of rotatable bonds is 3. The Balaban J connectivity index is 1.18. The van der Waals surface area contributed by atoms with E-state index in [1.165, 1.54) is 24.8 Å². The van der Waals surface area contributed by atoms with Crippen LogP contribution in [0.1, 0.15) is 61.0 Å². The van der Waals surface area contributed by atoms with Crippen molar-refractivity contribution in [2.45, 2.75) is 56.5 Å². The Morgan fingerprint density at radius 2 is 2.06 bits per heavy atom. The SMILES string of the molecule is C[C@H]1C2CC(c3ccc(Nc4ncc5cc6n(c5n4)C4(CCCC4)CNC6=O)nc3)[C@H]1CN2. The molecule has 4 atom stereocenters. The molecule has 5 heterocycles. The molecule has 3 aromatic rings. The van der Waals surface area contributed by atoms with Crippen molar-refractivity contribution in [1.29, 1.82) is 0 Å². The average Bonchev–Trinajstić information content (AvgIpc) is 3.61. The van der Waals surface area contributed by atoms with Crippen molar-refractivity contribution >= 4 is 28.7 Å². The number of hydrogen-bond donors (Lipinski definition) is 3. The summed E-state index contributed by atoms with van der Waals surface area (Å²) >= 11 is 0. The molecule has 2 aliphatic carbocycles. The number of nitrogens with zero attached hydrogens (tertiary/aromatic N) is 4. The average molecular weight is 444 g/mol. The molecule has 0 aromatic carbocycles. The normalized spacial score (nSPS) is 29.5. The van der Waals surface area contributed by atoms with E-state index in [4.69, 9.17) is 4.98 Å². The lowest BCUT2D eigenvalue weighted by Crippen LogP contribution is -2.50. The first-order valence-electron chi connectivity index (χ1n) is 12.2. The van der Waals surface area contributed by atoms with Gasteiger partial charge in [0.05, 0.1) is 5.54 Å². The van der Waals surface area contributed by atoms with Crippen molar-refractivity contribution in [3.63, 3.8) is 0 Å². The Bertz CT molecular complexity index is 1240. The molecule has 170 valence electrons. The molecule has 7 rings (SSSR count). The fourth-order valence-electron chi connectivity index (χ4n) is 6.95. The van der Waals surface area contributed by atoms with Crippen molar-refractivity contribution in [1.82, 2.24) is 30.2 Å². The number of hydrogen-bond acceptors (Lipinski definition) is 6. The molecule has 2 unspecified atom stereocenters. The summed E-state index contributed by atoms with van der Waals surface area (Å²) in [5.74, 6) is 3.28. The quantitative estimate of drug-likeness (QED) is 0.575. The number of anilines is 2. The largest absolute Gasteiger partial charge is 0.348 e. The van der Waals surface area contributed by atoms with Crippen LogP contribution in [-0.4, -0.2) is 44.6 Å². The van der Waals surface area contributed by atoms with E-state index in [-0.39, 0.29) is 11.4 Å². The summed E-state index contributed by atoms with van der Waals surface area (Å²) in [5.41, 5.74) is 2.79. The number of aromatic nitrogens is 4. The van der Waals surface area contributed by atoms with Crippen molar-refractivity contribution in [2.24, 2.45) is 11.8 Å². The zero-order valence-electron chi connectivity index (χ0n) is 18.8. The number of carbonyl (C=O) groups is 1. The number of pyridine rings is 1. The van der Waals surface area contributed by atoms with Crippen LogP contribution in [0, 0.1) is 11.8 Å². The van der Waals surface area contributed by atoms with Gasteiger partial charge in [0.15, 0.2) is 0 Å². The molecule has 3 aromatic heterocycles. The lowest BCUT2D eigenvalue weighted by molar-refractivity contribution is 0.0876. The van der Waals surface area contributed by atoms with Gasteiger partial charge in [0.25, 0.3) is 5.91 Å². The summed E-state index contributed by atoms with van der Waals surface area (Å²) in [4.78, 5) is 26.6. The Morgan fingerprint density at radius 3 is 2.79 bits per heavy atom. The zero-order valence-corrected chi connectivity index (χ0v) is 18.8. The maximum Gasteiger partial charge on any atom is 0.268 e. The molecule has 1 saturated heterocycles. The molecule has 4 aliphatic rings. The molecule has 3 N–H and O–H groups in total. The van der Waals surface area contributed by atoms with Gasteiger partial charge in [0.1, 0.15) is 17.2 Å². The summed E-state index contributed by atoms with van der Waals surface area (Å²) in [6.45, 7) is 4.16. The number of nitrogens with one attached hydrogen (secondary N) is 3. The van der Waals surface area contributed by atoms with Gasteiger partial charge in [0, 0.05) is 30.4 Å². The molecule has 8 heteroatoms. The van der Waals surface area contributed by atoms with E-state index in [9.17, 15) is 4.79 Å². The minimum atomic E-state index is -0.0663. The summed E-state index contributed by atoms with van der Waals surface area (Å²) in [6.07, 6.45) is 9.51. The van der Waals surface area contributed by atoms with Crippen LogP contribution in [0.2, 0.25) is 0 Å². The number of fused-ring (bicyclic) bond motifs is 6. The highest BCUT2D eigenvalue weighted by atomic mass is 16.2. The molecule has 2 bridgehead atoms. The fourth-order valence-corrected chi connectivity index (χ4v) is 6.95. The van der Waals surface area contributed by atoms with E-state index in [2.05, 4.69) is 43.5 Å². The fraction of sp³-hybridized carbons (Fsp3) is 0.520. The van der Waals surface area contributed by atoms with Crippen molar-refractivity contribution in [3.8, 4) is 0 Å². The van der Waals surface area contributed by atoms with E-state index in [0.29, 0.717) is 36.1 Å². The van der Waals surface area contributed by atoms with Crippen LogP contribution >= 0.6 is 0 Å². The van der Waals surface area contributed by atoms with E-state index in [1.807, 2.05) is 24.5 Å². The molecule has 1 spiro atoms. The van der Waals surface area contributed by atoms with Gasteiger partial charge >= 0.3 is 0 Å². The van der Waals surface area contributed by atoms with Gasteiger partial charge < -0.3 is 20.5 Å². The van der Waals surface area contributed by atoms with Crippen LogP contribution in [0.4, 0.5) is 11.8 Å². The molecule has 8 nitrogen and oxygen atoms in total. The van der Waals surface area contributed by atoms with Crippen LogP contribution < -0.4 is 16.0 Å². The van der Waals surface area contributed by atoms with Crippen molar-refractivity contribution in [2.75, 3.05) is 18.4 Å². The van der Waals surface area contributed by atoms with Gasteiger partial charge in [-0.25, -0.2) is 9.97 Å². The van der Waals surface area contributed by atoms with Crippen LogP contribution in [-0.2, 0) is 5.54 Å². The molecule has 2 saturated carbocycles. The molecule has 2 aliphatic heterocycles. The smallest absolute Gasteiger partial charge is 0.268 e. The third-order valence-electron chi connectivity index (χ3n) is 8.76. The Labute approximate surface area is 192 Å². The third-order valence-corrected chi connectivity index (χ3v) is 8.76. The highest BCUT2D eigenvalue weighted by Crippen LogP contribution is 2.47. The zero-order chi connectivity index (χ0) is 22.2. The summed E-state index contributed by atoms with van der Waals surface area (Å²) in [6, 6.07) is 6.80. The Morgan fingerprint density at radius 1 is 1.18 bits per heavy atom. The summed E-state index contributed by atoms with van der Waals surface area (Å²) < 4.78 is 2.18. The maximum atomic E-state index is 12.6. The highest BCUT2D eigenvalue weighted by Gasteiger charge is 2.46. The Hall–Kier alpha value is -3.00. The van der Waals surface area contributed by atoms with Gasteiger partial charge in [-0.05, 0) is 61.3 Å². The van der Waals surface area contributed by atoms with Gasteiger partial charge in [0.2, 0.25) is 5.95 Å². The standard InChI is InChI=1S/C25H29N7O/c1-14-18-12-26-19(14)9-17(18)15-4-5-21(27-10-15)30-24-28-11-16-8-20-23(33)29-13-25(6-2-3-7-25)32(20)22(16)31-24/h4-5,8,10-11,14,17-19,26H,2-3,6-7,9,12-13H2,1H3,(H,29,33)(H,27,28,30,31)/t14-,17?,18+,19?/m1/s1. The van der Waals surface area contributed by atoms with Crippen molar-refractivity contribution < 1.29 is 4.79 Å². The molecule has 33 heavy (non-hydrogen) atoms. The third kappa shape index (κ3) is 2.86. The minimum absolute atomic E-state index is 0.0255. The number of piperidine rings is 1. The van der Waals surface area contributed by atoms with Gasteiger partial charge in [-0.1, -0.05) is 25.8 Å². The minimum Gasteiger partial charge on any atom is -0.348 e. The highest BCUT2D eigenvalue weighted by molar-refractivity contribution is 5.99. The topological polar surface area (TPSA) is 96.8 Å². The second-order valence-corrected chi connectivity index (χ2v) is 10.4. The molecular weight excluding hydrogens is 414 g/mol. The van der Waals surface area contributed by atoms with Crippen molar-refractivity contribution in [3.05, 3.63) is 41.9 Å². The van der Waals surface area contributed by atoms with E-state index < -0.39 is 0 Å². The van der Waals surface area contributed by atoms with E-state index >= 15 is 0 Å². The van der Waals surface area contributed by atoms with Crippen LogP contribution in [0.5, 0.6) is 0 Å². The number of amides is 1. The Kier molecular flexibility index (Phi) is 4.13. The predicted molar refractivity (Wildman–Crippen MR) is 126 cm³/mol. The van der Waals surface area contributed by atoms with Gasteiger partial charge in [-0.15, -0.1) is 0 Å². The molecule has 0 radical (unpaired) electrons.